The summed E-state index contributed by atoms with van der Waals surface area (Å²) >= 11 is 0. The highest BCUT2D eigenvalue weighted by atomic mass is 32.2. The van der Waals surface area contributed by atoms with E-state index in [1.165, 1.54) is 6.20 Å². The van der Waals surface area contributed by atoms with Crippen LogP contribution in [0.1, 0.15) is 38.5 Å². The third-order valence-electron chi connectivity index (χ3n) is 4.77. The Labute approximate surface area is 126 Å². The van der Waals surface area contributed by atoms with Crippen LogP contribution in [0.15, 0.2) is 29.4 Å². The zero-order chi connectivity index (χ0) is 14.9. The van der Waals surface area contributed by atoms with Gasteiger partial charge in [-0.25, -0.2) is 8.42 Å². The van der Waals surface area contributed by atoms with Crippen molar-refractivity contribution in [3.63, 3.8) is 0 Å². The second-order valence-electron chi connectivity index (χ2n) is 6.03. The number of aromatic nitrogens is 1. The van der Waals surface area contributed by atoms with Crippen molar-refractivity contribution >= 4 is 10.0 Å². The minimum Gasteiger partial charge on any atom is -0.393 e. The molecule has 2 fully saturated rings. The smallest absolute Gasteiger partial charge is 0.244 e. The number of nitrogens with zero attached hydrogens (tertiary/aromatic N) is 2. The number of pyridine rings is 1. The topological polar surface area (TPSA) is 70.5 Å². The molecule has 2 aliphatic rings. The first-order valence-corrected chi connectivity index (χ1v) is 9.14. The van der Waals surface area contributed by atoms with Crippen molar-refractivity contribution in [1.29, 1.82) is 0 Å². The molecule has 1 aliphatic heterocycles. The molecule has 0 amide bonds. The van der Waals surface area contributed by atoms with E-state index in [-0.39, 0.29) is 23.0 Å². The third-order valence-corrected chi connectivity index (χ3v) is 6.67. The molecule has 0 radical (unpaired) electrons. The van der Waals surface area contributed by atoms with E-state index < -0.39 is 10.0 Å². The maximum Gasteiger partial charge on any atom is 0.244 e. The standard InChI is InChI=1S/C15H22N2O3S/c18-15-8-3-6-13(15)14-7-1-2-10-17(14)21(19,20)12-5-4-9-16-11-12/h4-5,9,11,13-15,18H,1-3,6-8,10H2. The van der Waals surface area contributed by atoms with Crippen LogP contribution in [-0.2, 0) is 10.0 Å². The van der Waals surface area contributed by atoms with Crippen LogP contribution in [0.3, 0.4) is 0 Å². The molecule has 3 rings (SSSR count). The van der Waals surface area contributed by atoms with Gasteiger partial charge in [-0.15, -0.1) is 0 Å². The van der Waals surface area contributed by atoms with Gasteiger partial charge in [0.1, 0.15) is 4.90 Å². The van der Waals surface area contributed by atoms with Gasteiger partial charge in [-0.1, -0.05) is 12.8 Å². The van der Waals surface area contributed by atoms with Crippen LogP contribution in [-0.4, -0.2) is 41.5 Å². The number of sulfonamides is 1. The molecule has 1 aliphatic carbocycles. The monoisotopic (exact) mass is 310 g/mol. The van der Waals surface area contributed by atoms with Gasteiger partial charge in [0.05, 0.1) is 6.10 Å². The first-order chi connectivity index (χ1) is 10.1. The van der Waals surface area contributed by atoms with Crippen LogP contribution >= 0.6 is 0 Å². The van der Waals surface area contributed by atoms with Crippen molar-refractivity contribution in [2.75, 3.05) is 6.54 Å². The van der Waals surface area contributed by atoms with Gasteiger partial charge in [0, 0.05) is 30.9 Å². The van der Waals surface area contributed by atoms with Gasteiger partial charge in [-0.3, -0.25) is 4.98 Å². The predicted molar refractivity (Wildman–Crippen MR) is 79.1 cm³/mol. The maximum atomic E-state index is 12.9. The van der Waals surface area contributed by atoms with Gasteiger partial charge in [0.25, 0.3) is 0 Å². The molecule has 1 aromatic rings. The van der Waals surface area contributed by atoms with E-state index in [4.69, 9.17) is 0 Å². The molecule has 1 saturated carbocycles. The Balaban J connectivity index is 1.91. The van der Waals surface area contributed by atoms with E-state index in [0.717, 1.165) is 38.5 Å². The Morgan fingerprint density at radius 1 is 1.19 bits per heavy atom. The summed E-state index contributed by atoms with van der Waals surface area (Å²) in [5.41, 5.74) is 0. The molecule has 1 N–H and O–H groups in total. The molecule has 0 bridgehead atoms. The van der Waals surface area contributed by atoms with Gasteiger partial charge in [-0.05, 0) is 37.8 Å². The minimum absolute atomic E-state index is 0.0681. The first-order valence-electron chi connectivity index (χ1n) is 7.70. The summed E-state index contributed by atoms with van der Waals surface area (Å²) in [7, 11) is -3.51. The second kappa shape index (κ2) is 6.02. The number of rotatable bonds is 3. The van der Waals surface area contributed by atoms with E-state index in [1.807, 2.05) is 0 Å². The van der Waals surface area contributed by atoms with E-state index in [2.05, 4.69) is 4.98 Å². The lowest BCUT2D eigenvalue weighted by Crippen LogP contribution is -2.49. The van der Waals surface area contributed by atoms with Gasteiger partial charge in [0.15, 0.2) is 0 Å². The number of aliphatic hydroxyl groups excluding tert-OH is 1. The molecule has 21 heavy (non-hydrogen) atoms. The third kappa shape index (κ3) is 2.84. The molecular formula is C15H22N2O3S. The Morgan fingerprint density at radius 3 is 2.71 bits per heavy atom. The highest BCUT2D eigenvalue weighted by Crippen LogP contribution is 2.37. The molecule has 6 heteroatoms. The molecule has 0 aromatic carbocycles. The Morgan fingerprint density at radius 2 is 2.05 bits per heavy atom. The van der Waals surface area contributed by atoms with Crippen molar-refractivity contribution in [3.05, 3.63) is 24.5 Å². The van der Waals surface area contributed by atoms with Crippen molar-refractivity contribution in [2.24, 2.45) is 5.92 Å². The van der Waals surface area contributed by atoms with Crippen LogP contribution in [0.4, 0.5) is 0 Å². The van der Waals surface area contributed by atoms with E-state index in [0.29, 0.717) is 6.54 Å². The van der Waals surface area contributed by atoms with Crippen LogP contribution in [0.25, 0.3) is 0 Å². The molecule has 116 valence electrons. The van der Waals surface area contributed by atoms with Crippen LogP contribution in [0.2, 0.25) is 0 Å². The van der Waals surface area contributed by atoms with Gasteiger partial charge >= 0.3 is 0 Å². The lowest BCUT2D eigenvalue weighted by molar-refractivity contribution is 0.0723. The minimum atomic E-state index is -3.51. The normalized spacial score (nSPS) is 31.4. The van der Waals surface area contributed by atoms with Crippen LogP contribution in [0, 0.1) is 5.92 Å². The summed E-state index contributed by atoms with van der Waals surface area (Å²) in [6.45, 7) is 0.547. The summed E-state index contributed by atoms with van der Waals surface area (Å²) in [5, 5.41) is 10.2. The van der Waals surface area contributed by atoms with Crippen LogP contribution in [0.5, 0.6) is 0 Å². The lowest BCUT2D eigenvalue weighted by atomic mass is 9.89. The fraction of sp³-hybridized carbons (Fsp3) is 0.667. The van der Waals surface area contributed by atoms with E-state index in [9.17, 15) is 13.5 Å². The number of aliphatic hydroxyl groups is 1. The highest BCUT2D eigenvalue weighted by Gasteiger charge is 2.42. The number of hydrogen-bond acceptors (Lipinski definition) is 4. The highest BCUT2D eigenvalue weighted by molar-refractivity contribution is 7.89. The van der Waals surface area contributed by atoms with Gasteiger partial charge in [0.2, 0.25) is 10.0 Å². The summed E-state index contributed by atoms with van der Waals surface area (Å²) < 4.78 is 27.3. The fourth-order valence-electron chi connectivity index (χ4n) is 3.71. The zero-order valence-corrected chi connectivity index (χ0v) is 12.9. The Bertz CT molecular complexity index is 576. The average Bonchev–Trinajstić information content (AvgIpc) is 2.94. The predicted octanol–water partition coefficient (Wildman–Crippen LogP) is 1.79. The molecule has 3 atom stereocenters. The lowest BCUT2D eigenvalue weighted by Gasteiger charge is -2.39. The molecule has 3 unspecified atom stereocenters. The van der Waals surface area contributed by atoms with Crippen molar-refractivity contribution in [1.82, 2.24) is 9.29 Å². The Hall–Kier alpha value is -0.980. The molecule has 1 aromatic heterocycles. The molecule has 2 heterocycles. The summed E-state index contributed by atoms with van der Waals surface area (Å²) in [5.74, 6) is 0.0803. The average molecular weight is 310 g/mol. The van der Waals surface area contributed by atoms with E-state index >= 15 is 0 Å². The summed E-state index contributed by atoms with van der Waals surface area (Å²) in [4.78, 5) is 4.18. The largest absolute Gasteiger partial charge is 0.393 e. The number of piperidine rings is 1. The molecular weight excluding hydrogens is 288 g/mol. The number of hydrogen-bond donors (Lipinski definition) is 1. The SMILES string of the molecule is O=S(=O)(c1cccnc1)N1CCCCC1C1CCCC1O. The van der Waals surface area contributed by atoms with E-state index in [1.54, 1.807) is 22.6 Å². The van der Waals surface area contributed by atoms with Crippen molar-refractivity contribution in [3.8, 4) is 0 Å². The van der Waals surface area contributed by atoms with Crippen molar-refractivity contribution < 1.29 is 13.5 Å². The molecule has 1 saturated heterocycles. The van der Waals surface area contributed by atoms with Gasteiger partial charge in [-0.2, -0.15) is 4.31 Å². The maximum absolute atomic E-state index is 12.9. The van der Waals surface area contributed by atoms with Gasteiger partial charge < -0.3 is 5.11 Å². The quantitative estimate of drug-likeness (QED) is 0.924. The zero-order valence-electron chi connectivity index (χ0n) is 12.1. The fourth-order valence-corrected chi connectivity index (χ4v) is 5.41. The molecule has 0 spiro atoms. The second-order valence-corrected chi connectivity index (χ2v) is 7.92. The Kier molecular flexibility index (Phi) is 4.28. The summed E-state index contributed by atoms with van der Waals surface area (Å²) in [6.07, 6.45) is 8.10. The summed E-state index contributed by atoms with van der Waals surface area (Å²) in [6, 6.07) is 3.18. The van der Waals surface area contributed by atoms with Crippen molar-refractivity contribution in [2.45, 2.75) is 55.6 Å². The molecule has 5 nitrogen and oxygen atoms in total. The first kappa shape index (κ1) is 14.9. The van der Waals surface area contributed by atoms with Crippen LogP contribution < -0.4 is 0 Å².